The van der Waals surface area contributed by atoms with Gasteiger partial charge in [-0.05, 0) is 25.0 Å². The lowest BCUT2D eigenvalue weighted by molar-refractivity contribution is -0.150. The van der Waals surface area contributed by atoms with E-state index >= 15 is 0 Å². The first-order valence-electron chi connectivity index (χ1n) is 8.33. The molecule has 3 rings (SSSR count). The molecule has 6 nitrogen and oxygen atoms in total. The molecule has 24 heavy (non-hydrogen) atoms. The highest BCUT2D eigenvalue weighted by Gasteiger charge is 2.53. The Kier molecular flexibility index (Phi) is 4.66. The van der Waals surface area contributed by atoms with Gasteiger partial charge in [0, 0.05) is 56.6 Å². The number of hydrogen-bond donors (Lipinski definition) is 1. The molecule has 0 spiro atoms. The average molecular weight is 329 g/mol. The van der Waals surface area contributed by atoms with Gasteiger partial charge in [0.25, 0.3) is 5.91 Å². The molecular weight excluding hydrogens is 306 g/mol. The fraction of sp³-hybridized carbons (Fsp3) is 0.500. The first-order valence-corrected chi connectivity index (χ1v) is 8.33. The Morgan fingerprint density at radius 3 is 2.79 bits per heavy atom. The summed E-state index contributed by atoms with van der Waals surface area (Å²) in [7, 11) is 0. The van der Waals surface area contributed by atoms with E-state index in [1.807, 2.05) is 4.90 Å². The van der Waals surface area contributed by atoms with Crippen molar-refractivity contribution in [3.8, 4) is 0 Å². The van der Waals surface area contributed by atoms with Crippen molar-refractivity contribution < 1.29 is 14.7 Å². The summed E-state index contributed by atoms with van der Waals surface area (Å²) >= 11 is 0. The molecule has 1 amide bonds. The Labute approximate surface area is 141 Å². The van der Waals surface area contributed by atoms with Crippen molar-refractivity contribution in [3.05, 3.63) is 42.7 Å². The van der Waals surface area contributed by atoms with Crippen molar-refractivity contribution >= 4 is 11.9 Å². The molecule has 0 aliphatic carbocycles. The minimum absolute atomic E-state index is 0.0410. The molecular formula is C18H23N3O3. The van der Waals surface area contributed by atoms with Crippen LogP contribution in [0.15, 0.2) is 37.2 Å². The summed E-state index contributed by atoms with van der Waals surface area (Å²) in [5.41, 5.74) is -0.148. The Bertz CT molecular complexity index is 634. The second-order valence-electron chi connectivity index (χ2n) is 6.73. The predicted molar refractivity (Wildman–Crippen MR) is 89.6 cm³/mol. The van der Waals surface area contributed by atoms with Crippen LogP contribution in [-0.4, -0.2) is 64.5 Å². The number of fused-ring (bicyclic) bond motifs is 1. The molecule has 0 unspecified atom stereocenters. The van der Waals surface area contributed by atoms with Gasteiger partial charge in [0.05, 0.1) is 5.41 Å². The number of aromatic nitrogens is 1. The Balaban J connectivity index is 1.82. The maximum Gasteiger partial charge on any atom is 0.311 e. The molecule has 0 aromatic carbocycles. The summed E-state index contributed by atoms with van der Waals surface area (Å²) in [6.07, 6.45) is 6.34. The summed E-state index contributed by atoms with van der Waals surface area (Å²) < 4.78 is 0. The third-order valence-corrected chi connectivity index (χ3v) is 5.29. The third kappa shape index (κ3) is 2.94. The van der Waals surface area contributed by atoms with Gasteiger partial charge in [-0.2, -0.15) is 0 Å². The van der Waals surface area contributed by atoms with Crippen LogP contribution in [0.5, 0.6) is 0 Å². The van der Waals surface area contributed by atoms with Gasteiger partial charge in [-0.15, -0.1) is 6.58 Å². The second kappa shape index (κ2) is 6.73. The number of carboxylic acid groups (broad SMARTS) is 1. The van der Waals surface area contributed by atoms with E-state index in [-0.39, 0.29) is 11.8 Å². The number of carbonyl (C=O) groups excluding carboxylic acids is 1. The Morgan fingerprint density at radius 2 is 2.12 bits per heavy atom. The highest BCUT2D eigenvalue weighted by Crippen LogP contribution is 2.43. The predicted octanol–water partition coefficient (Wildman–Crippen LogP) is 1.51. The Hall–Kier alpha value is -2.21. The van der Waals surface area contributed by atoms with Crippen LogP contribution in [-0.2, 0) is 4.79 Å². The van der Waals surface area contributed by atoms with Gasteiger partial charge < -0.3 is 10.0 Å². The van der Waals surface area contributed by atoms with Gasteiger partial charge in [0.1, 0.15) is 0 Å². The molecule has 2 aliphatic heterocycles. The van der Waals surface area contributed by atoms with Crippen LogP contribution in [0.3, 0.4) is 0 Å². The molecule has 2 atom stereocenters. The summed E-state index contributed by atoms with van der Waals surface area (Å²) in [5.74, 6) is -0.832. The Morgan fingerprint density at radius 1 is 1.38 bits per heavy atom. The monoisotopic (exact) mass is 329 g/mol. The summed E-state index contributed by atoms with van der Waals surface area (Å²) in [6.45, 7) is 6.76. The largest absolute Gasteiger partial charge is 0.481 e. The molecule has 1 N–H and O–H groups in total. The normalized spacial score (nSPS) is 27.3. The van der Waals surface area contributed by atoms with Crippen molar-refractivity contribution in [2.75, 3.05) is 32.7 Å². The number of likely N-dealkylation sites (tertiary alicyclic amines) is 2. The van der Waals surface area contributed by atoms with Crippen molar-refractivity contribution in [2.24, 2.45) is 11.3 Å². The zero-order valence-corrected chi connectivity index (χ0v) is 13.7. The molecule has 128 valence electrons. The highest BCUT2D eigenvalue weighted by molar-refractivity contribution is 5.94. The summed E-state index contributed by atoms with van der Waals surface area (Å²) in [6, 6.07) is 3.41. The molecule has 2 aliphatic rings. The fourth-order valence-electron chi connectivity index (χ4n) is 4.07. The lowest BCUT2D eigenvalue weighted by Crippen LogP contribution is -2.42. The lowest BCUT2D eigenvalue weighted by Gasteiger charge is -2.29. The van der Waals surface area contributed by atoms with Crippen LogP contribution in [0.25, 0.3) is 0 Å². The number of carbonyl (C=O) groups is 2. The van der Waals surface area contributed by atoms with Crippen LogP contribution >= 0.6 is 0 Å². The average Bonchev–Trinajstić information content (AvgIpc) is 2.82. The number of nitrogens with zero attached hydrogens (tertiary/aromatic N) is 3. The standard InChI is InChI=1S/C18H23N3O3/c1-2-9-20-11-15-12-21(16(22)14-4-7-19-8-5-14)10-3-6-18(15,13-20)17(23)24/h2,4-5,7-8,15H,1,3,6,9-13H2,(H,23,24)/t15-,18+/m0/s1. The number of rotatable bonds is 4. The quantitative estimate of drug-likeness (QED) is 0.848. The molecule has 0 bridgehead atoms. The zero-order chi connectivity index (χ0) is 17.2. The minimum atomic E-state index is -0.754. The third-order valence-electron chi connectivity index (χ3n) is 5.29. The van der Waals surface area contributed by atoms with E-state index in [9.17, 15) is 14.7 Å². The summed E-state index contributed by atoms with van der Waals surface area (Å²) in [5, 5.41) is 9.89. The van der Waals surface area contributed by atoms with Gasteiger partial charge in [-0.3, -0.25) is 19.5 Å². The van der Waals surface area contributed by atoms with E-state index in [0.29, 0.717) is 51.1 Å². The van der Waals surface area contributed by atoms with E-state index in [1.165, 1.54) is 0 Å². The van der Waals surface area contributed by atoms with Crippen LogP contribution in [0.1, 0.15) is 23.2 Å². The van der Waals surface area contributed by atoms with Crippen molar-refractivity contribution in [1.29, 1.82) is 0 Å². The molecule has 2 saturated heterocycles. The topological polar surface area (TPSA) is 73.7 Å². The van der Waals surface area contributed by atoms with Crippen LogP contribution in [0, 0.1) is 11.3 Å². The molecule has 6 heteroatoms. The second-order valence-corrected chi connectivity index (χ2v) is 6.73. The van der Waals surface area contributed by atoms with E-state index in [0.717, 1.165) is 0 Å². The highest BCUT2D eigenvalue weighted by atomic mass is 16.4. The number of aliphatic carboxylic acids is 1. The maximum absolute atomic E-state index is 12.7. The molecule has 1 aromatic rings. The molecule has 1 aromatic heterocycles. The molecule has 2 fully saturated rings. The zero-order valence-electron chi connectivity index (χ0n) is 13.7. The van der Waals surface area contributed by atoms with E-state index in [2.05, 4.69) is 16.5 Å². The van der Waals surface area contributed by atoms with Gasteiger partial charge in [-0.1, -0.05) is 6.08 Å². The molecule has 3 heterocycles. The maximum atomic E-state index is 12.7. The lowest BCUT2D eigenvalue weighted by atomic mass is 9.75. The smallest absolute Gasteiger partial charge is 0.311 e. The van der Waals surface area contributed by atoms with Gasteiger partial charge >= 0.3 is 5.97 Å². The molecule has 0 saturated carbocycles. The van der Waals surface area contributed by atoms with Gasteiger partial charge in [0.15, 0.2) is 0 Å². The van der Waals surface area contributed by atoms with Crippen LogP contribution in [0.4, 0.5) is 0 Å². The van der Waals surface area contributed by atoms with E-state index in [4.69, 9.17) is 0 Å². The number of hydrogen-bond acceptors (Lipinski definition) is 4. The van der Waals surface area contributed by atoms with Crippen molar-refractivity contribution in [3.63, 3.8) is 0 Å². The SMILES string of the molecule is C=CCN1C[C@H]2CN(C(=O)c3ccncc3)CCC[C@@]2(C(=O)O)C1. The van der Waals surface area contributed by atoms with E-state index < -0.39 is 11.4 Å². The van der Waals surface area contributed by atoms with Crippen LogP contribution < -0.4 is 0 Å². The van der Waals surface area contributed by atoms with Crippen LogP contribution in [0.2, 0.25) is 0 Å². The first-order chi connectivity index (χ1) is 11.6. The first kappa shape index (κ1) is 16.6. The van der Waals surface area contributed by atoms with E-state index in [1.54, 1.807) is 30.6 Å². The van der Waals surface area contributed by atoms with Gasteiger partial charge in [-0.25, -0.2) is 0 Å². The summed E-state index contributed by atoms with van der Waals surface area (Å²) in [4.78, 5) is 32.7. The number of pyridine rings is 1. The fourth-order valence-corrected chi connectivity index (χ4v) is 4.07. The minimum Gasteiger partial charge on any atom is -0.481 e. The number of carboxylic acids is 1. The number of amides is 1. The van der Waals surface area contributed by atoms with Gasteiger partial charge in [0.2, 0.25) is 0 Å². The molecule has 0 radical (unpaired) electrons. The van der Waals surface area contributed by atoms with Crippen molar-refractivity contribution in [1.82, 2.24) is 14.8 Å². The van der Waals surface area contributed by atoms with Crippen molar-refractivity contribution in [2.45, 2.75) is 12.8 Å².